The number of hydrogen-bond acceptors (Lipinski definition) is 4. The Morgan fingerprint density at radius 2 is 1.70 bits per heavy atom. The number of para-hydroxylation sites is 1. The Morgan fingerprint density at radius 3 is 2.52 bits per heavy atom. The molecule has 136 valence electrons. The van der Waals surface area contributed by atoms with Gasteiger partial charge < -0.3 is 14.8 Å². The first-order chi connectivity index (χ1) is 13.2. The minimum Gasteiger partial charge on any atom is -0.496 e. The lowest BCUT2D eigenvalue weighted by Crippen LogP contribution is -2.20. The van der Waals surface area contributed by atoms with Crippen LogP contribution in [0, 0.1) is 0 Å². The average molecular weight is 361 g/mol. The first-order valence-corrected chi connectivity index (χ1v) is 8.42. The van der Waals surface area contributed by atoms with Gasteiger partial charge in [-0.15, -0.1) is 0 Å². The van der Waals surface area contributed by atoms with Crippen LogP contribution < -0.4 is 10.1 Å². The number of carbonyl (C=O) groups is 2. The molecule has 0 aliphatic rings. The van der Waals surface area contributed by atoms with E-state index in [1.807, 2.05) is 60.7 Å². The Balaban J connectivity index is 1.53. The van der Waals surface area contributed by atoms with E-state index >= 15 is 0 Å². The van der Waals surface area contributed by atoms with Gasteiger partial charge in [0.1, 0.15) is 5.75 Å². The molecule has 1 amide bonds. The van der Waals surface area contributed by atoms with Crippen molar-refractivity contribution in [3.63, 3.8) is 0 Å². The second-order valence-electron chi connectivity index (χ2n) is 5.79. The normalized spacial score (nSPS) is 10.7. The minimum atomic E-state index is -0.602. The zero-order valence-corrected chi connectivity index (χ0v) is 14.8. The zero-order chi connectivity index (χ0) is 19.1. The molecule has 0 saturated carbocycles. The van der Waals surface area contributed by atoms with Gasteiger partial charge in [0, 0.05) is 17.3 Å². The fourth-order valence-electron chi connectivity index (χ4n) is 2.61. The van der Waals surface area contributed by atoms with Crippen molar-refractivity contribution in [2.24, 2.45) is 0 Å². The Kier molecular flexibility index (Phi) is 5.84. The second kappa shape index (κ2) is 8.67. The highest BCUT2D eigenvalue weighted by Gasteiger charge is 2.07. The molecule has 5 nitrogen and oxygen atoms in total. The van der Waals surface area contributed by atoms with Crippen LogP contribution >= 0.6 is 0 Å². The molecule has 3 aromatic rings. The number of rotatable bonds is 6. The van der Waals surface area contributed by atoms with Crippen LogP contribution in [-0.2, 0) is 14.3 Å². The van der Waals surface area contributed by atoms with E-state index in [2.05, 4.69) is 5.32 Å². The van der Waals surface area contributed by atoms with Crippen LogP contribution in [0.2, 0.25) is 0 Å². The lowest BCUT2D eigenvalue weighted by molar-refractivity contribution is -0.142. The van der Waals surface area contributed by atoms with Gasteiger partial charge in [0.2, 0.25) is 0 Å². The Bertz CT molecular complexity index is 994. The minimum absolute atomic E-state index is 0.359. The van der Waals surface area contributed by atoms with E-state index < -0.39 is 11.9 Å². The second-order valence-corrected chi connectivity index (χ2v) is 5.79. The Hall–Kier alpha value is -3.60. The van der Waals surface area contributed by atoms with Gasteiger partial charge in [-0.25, -0.2) is 4.79 Å². The summed E-state index contributed by atoms with van der Waals surface area (Å²) in [6.45, 7) is -0.359. The molecule has 5 heteroatoms. The van der Waals surface area contributed by atoms with Crippen molar-refractivity contribution in [1.82, 2.24) is 0 Å². The monoisotopic (exact) mass is 361 g/mol. The SMILES string of the molecule is COc1ccccc1C=CC(=O)OCC(=O)Nc1ccc2ccccc2c1. The maximum absolute atomic E-state index is 12.0. The molecule has 3 aromatic carbocycles. The molecule has 0 heterocycles. The van der Waals surface area contributed by atoms with E-state index in [0.717, 1.165) is 16.3 Å². The predicted molar refractivity (Wildman–Crippen MR) is 106 cm³/mol. The van der Waals surface area contributed by atoms with Gasteiger partial charge in [-0.3, -0.25) is 4.79 Å². The largest absolute Gasteiger partial charge is 0.496 e. The first kappa shape index (κ1) is 18.2. The molecule has 27 heavy (non-hydrogen) atoms. The standard InChI is InChI=1S/C22H19NO4/c1-26-20-9-5-4-7-17(20)11-13-22(25)27-15-21(24)23-19-12-10-16-6-2-3-8-18(16)14-19/h2-14H,15H2,1H3,(H,23,24). The molecular formula is C22H19NO4. The van der Waals surface area contributed by atoms with Crippen molar-refractivity contribution in [2.45, 2.75) is 0 Å². The topological polar surface area (TPSA) is 64.6 Å². The number of anilines is 1. The number of nitrogens with one attached hydrogen (secondary N) is 1. The molecule has 0 bridgehead atoms. The summed E-state index contributed by atoms with van der Waals surface area (Å²) in [5.74, 6) is -0.352. The Morgan fingerprint density at radius 1 is 0.963 bits per heavy atom. The van der Waals surface area contributed by atoms with Gasteiger partial charge in [0.15, 0.2) is 6.61 Å². The van der Waals surface area contributed by atoms with Crippen molar-refractivity contribution < 1.29 is 19.1 Å². The third-order valence-electron chi connectivity index (χ3n) is 3.92. The molecule has 0 unspecified atom stereocenters. The number of amides is 1. The molecule has 3 rings (SSSR count). The molecule has 0 spiro atoms. The van der Waals surface area contributed by atoms with Gasteiger partial charge in [-0.2, -0.15) is 0 Å². The van der Waals surface area contributed by atoms with Crippen LogP contribution in [0.5, 0.6) is 5.75 Å². The van der Waals surface area contributed by atoms with E-state index in [-0.39, 0.29) is 6.61 Å². The van der Waals surface area contributed by atoms with Crippen LogP contribution in [0.25, 0.3) is 16.8 Å². The molecule has 0 aromatic heterocycles. The average Bonchev–Trinajstić information content (AvgIpc) is 2.70. The summed E-state index contributed by atoms with van der Waals surface area (Å²) in [4.78, 5) is 23.8. The number of methoxy groups -OCH3 is 1. The Labute approximate surface area is 157 Å². The number of ether oxygens (including phenoxy) is 2. The van der Waals surface area contributed by atoms with Crippen molar-refractivity contribution >= 4 is 34.4 Å². The maximum atomic E-state index is 12.0. The van der Waals surface area contributed by atoms with Gasteiger partial charge in [-0.05, 0) is 35.0 Å². The molecule has 0 fully saturated rings. The zero-order valence-electron chi connectivity index (χ0n) is 14.8. The molecule has 0 aliphatic heterocycles. The summed E-state index contributed by atoms with van der Waals surface area (Å²) in [6.07, 6.45) is 2.85. The highest BCUT2D eigenvalue weighted by molar-refractivity contribution is 5.96. The summed E-state index contributed by atoms with van der Waals surface area (Å²) in [7, 11) is 1.56. The highest BCUT2D eigenvalue weighted by Crippen LogP contribution is 2.19. The van der Waals surface area contributed by atoms with E-state index in [1.165, 1.54) is 6.08 Å². The lowest BCUT2D eigenvalue weighted by atomic mass is 10.1. The number of fused-ring (bicyclic) bond motifs is 1. The van der Waals surface area contributed by atoms with E-state index in [1.54, 1.807) is 19.3 Å². The lowest BCUT2D eigenvalue weighted by Gasteiger charge is -2.07. The maximum Gasteiger partial charge on any atom is 0.331 e. The van der Waals surface area contributed by atoms with Gasteiger partial charge in [-0.1, -0.05) is 48.5 Å². The summed E-state index contributed by atoms with van der Waals surface area (Å²) in [6, 6.07) is 20.7. The quantitative estimate of drug-likeness (QED) is 0.531. The third kappa shape index (κ3) is 4.95. The first-order valence-electron chi connectivity index (χ1n) is 8.42. The number of benzene rings is 3. The molecular weight excluding hydrogens is 342 g/mol. The summed E-state index contributed by atoms with van der Waals surface area (Å²) < 4.78 is 10.2. The summed E-state index contributed by atoms with van der Waals surface area (Å²) in [5, 5.41) is 4.83. The smallest absolute Gasteiger partial charge is 0.331 e. The van der Waals surface area contributed by atoms with Crippen molar-refractivity contribution in [3.8, 4) is 5.75 Å². The van der Waals surface area contributed by atoms with Crippen molar-refractivity contribution in [1.29, 1.82) is 0 Å². The van der Waals surface area contributed by atoms with Crippen LogP contribution in [-0.4, -0.2) is 25.6 Å². The molecule has 0 aliphatic carbocycles. The van der Waals surface area contributed by atoms with Crippen molar-refractivity contribution in [3.05, 3.63) is 78.4 Å². The number of carbonyl (C=O) groups excluding carboxylic acids is 2. The van der Waals surface area contributed by atoms with Crippen LogP contribution in [0.1, 0.15) is 5.56 Å². The number of hydrogen-bond donors (Lipinski definition) is 1. The fourth-order valence-corrected chi connectivity index (χ4v) is 2.61. The van der Waals surface area contributed by atoms with Crippen LogP contribution in [0.4, 0.5) is 5.69 Å². The number of esters is 1. The molecule has 0 saturated heterocycles. The molecule has 1 N–H and O–H groups in total. The third-order valence-corrected chi connectivity index (χ3v) is 3.92. The van der Waals surface area contributed by atoms with Gasteiger partial charge in [0.05, 0.1) is 7.11 Å². The van der Waals surface area contributed by atoms with E-state index in [0.29, 0.717) is 11.4 Å². The summed E-state index contributed by atoms with van der Waals surface area (Å²) in [5.41, 5.74) is 1.40. The van der Waals surface area contributed by atoms with Gasteiger partial charge >= 0.3 is 5.97 Å². The predicted octanol–water partition coefficient (Wildman–Crippen LogP) is 4.04. The highest BCUT2D eigenvalue weighted by atomic mass is 16.5. The molecule has 0 atom stereocenters. The summed E-state index contributed by atoms with van der Waals surface area (Å²) >= 11 is 0. The van der Waals surface area contributed by atoms with Gasteiger partial charge in [0.25, 0.3) is 5.91 Å². The van der Waals surface area contributed by atoms with E-state index in [9.17, 15) is 9.59 Å². The van der Waals surface area contributed by atoms with Crippen LogP contribution in [0.15, 0.2) is 72.8 Å². The fraction of sp³-hybridized carbons (Fsp3) is 0.0909. The van der Waals surface area contributed by atoms with E-state index in [4.69, 9.17) is 9.47 Å². The molecule has 0 radical (unpaired) electrons. The van der Waals surface area contributed by atoms with Crippen molar-refractivity contribution in [2.75, 3.05) is 19.0 Å². The van der Waals surface area contributed by atoms with Crippen LogP contribution in [0.3, 0.4) is 0 Å².